The van der Waals surface area contributed by atoms with Gasteiger partial charge in [-0.05, 0) is 41.5 Å². The standard InChI is InChI=1S/C26H17BrFN3O4S2/c27-17-9-5-15(6-10-17)22(33)20-21(14-7-11-18(32)12-8-14)31(24(35)23(20)34)25-29-30-26(37-25)36-13-16-3-1-2-4-19(16)28/h1-12,21,32-33H,13H2/b22-20-. The number of phenolic OH excluding ortho intramolecular Hbond substituents is 1. The third kappa shape index (κ3) is 5.02. The Morgan fingerprint density at radius 2 is 1.73 bits per heavy atom. The van der Waals surface area contributed by atoms with E-state index in [4.69, 9.17) is 0 Å². The van der Waals surface area contributed by atoms with Gasteiger partial charge in [-0.1, -0.05) is 81.5 Å². The lowest BCUT2D eigenvalue weighted by molar-refractivity contribution is -0.132. The van der Waals surface area contributed by atoms with Gasteiger partial charge in [-0.15, -0.1) is 10.2 Å². The second-order valence-electron chi connectivity index (χ2n) is 8.00. The summed E-state index contributed by atoms with van der Waals surface area (Å²) in [7, 11) is 0. The molecule has 1 unspecified atom stereocenters. The first-order chi connectivity index (χ1) is 17.8. The number of rotatable bonds is 6. The molecule has 11 heteroatoms. The molecule has 0 spiro atoms. The molecule has 0 bridgehead atoms. The highest BCUT2D eigenvalue weighted by Crippen LogP contribution is 2.44. The minimum Gasteiger partial charge on any atom is -0.508 e. The van der Waals surface area contributed by atoms with E-state index in [-0.39, 0.29) is 28.0 Å². The molecule has 3 aromatic carbocycles. The maximum atomic E-state index is 14.0. The van der Waals surface area contributed by atoms with E-state index in [1.165, 1.54) is 34.9 Å². The summed E-state index contributed by atoms with van der Waals surface area (Å²) in [6, 6.07) is 18.1. The smallest absolute Gasteiger partial charge is 0.301 e. The lowest BCUT2D eigenvalue weighted by atomic mass is 9.95. The number of aliphatic hydroxyl groups is 1. The molecule has 0 saturated carbocycles. The minimum absolute atomic E-state index is 0.0105. The van der Waals surface area contributed by atoms with Crippen molar-refractivity contribution in [1.29, 1.82) is 0 Å². The number of aliphatic hydroxyl groups excluding tert-OH is 1. The lowest BCUT2D eigenvalue weighted by Crippen LogP contribution is -2.29. The van der Waals surface area contributed by atoms with Crippen LogP contribution in [0.4, 0.5) is 9.52 Å². The Morgan fingerprint density at radius 3 is 2.43 bits per heavy atom. The van der Waals surface area contributed by atoms with E-state index in [1.54, 1.807) is 54.6 Å². The quantitative estimate of drug-likeness (QED) is 0.0914. The number of aromatic hydroxyl groups is 1. The molecule has 5 rings (SSSR count). The molecule has 1 aliphatic heterocycles. The molecule has 1 aliphatic rings. The van der Waals surface area contributed by atoms with Crippen molar-refractivity contribution in [1.82, 2.24) is 10.2 Å². The number of phenols is 1. The molecule has 1 saturated heterocycles. The van der Waals surface area contributed by atoms with Gasteiger partial charge in [0.15, 0.2) is 4.34 Å². The van der Waals surface area contributed by atoms with Gasteiger partial charge in [0.05, 0.1) is 11.6 Å². The van der Waals surface area contributed by atoms with Gasteiger partial charge in [0.1, 0.15) is 17.3 Å². The Morgan fingerprint density at radius 1 is 1.03 bits per heavy atom. The molecular weight excluding hydrogens is 581 g/mol. The average Bonchev–Trinajstić information content (AvgIpc) is 3.46. The molecule has 1 fully saturated rings. The number of aromatic nitrogens is 2. The van der Waals surface area contributed by atoms with E-state index >= 15 is 0 Å². The van der Waals surface area contributed by atoms with Crippen molar-refractivity contribution in [2.45, 2.75) is 16.1 Å². The first kappa shape index (κ1) is 25.1. The zero-order valence-corrected chi connectivity index (χ0v) is 22.1. The number of anilines is 1. The van der Waals surface area contributed by atoms with E-state index in [0.29, 0.717) is 26.8 Å². The topological polar surface area (TPSA) is 104 Å². The number of halogens is 2. The summed E-state index contributed by atoms with van der Waals surface area (Å²) in [5.74, 6) is -2.06. The Balaban J connectivity index is 1.54. The number of carbonyl (C=O) groups is 2. The van der Waals surface area contributed by atoms with Crippen LogP contribution < -0.4 is 4.90 Å². The van der Waals surface area contributed by atoms with Gasteiger partial charge < -0.3 is 10.2 Å². The van der Waals surface area contributed by atoms with Gasteiger partial charge in [-0.3, -0.25) is 14.5 Å². The summed E-state index contributed by atoms with van der Waals surface area (Å²) in [5.41, 5.74) is 1.26. The number of thioether (sulfide) groups is 1. The second-order valence-corrected chi connectivity index (χ2v) is 11.1. The molecule has 186 valence electrons. The maximum absolute atomic E-state index is 14.0. The van der Waals surface area contributed by atoms with Crippen molar-refractivity contribution in [3.05, 3.63) is 105 Å². The van der Waals surface area contributed by atoms with Crippen LogP contribution in [0.2, 0.25) is 0 Å². The van der Waals surface area contributed by atoms with E-state index < -0.39 is 17.7 Å². The molecule has 0 radical (unpaired) electrons. The third-order valence-electron chi connectivity index (χ3n) is 5.68. The number of amides is 1. The number of nitrogens with zero attached hydrogens (tertiary/aromatic N) is 3. The van der Waals surface area contributed by atoms with Crippen molar-refractivity contribution in [2.24, 2.45) is 0 Å². The molecule has 4 aromatic rings. The first-order valence-electron chi connectivity index (χ1n) is 10.9. The Kier molecular flexibility index (Phi) is 7.09. The van der Waals surface area contributed by atoms with Gasteiger partial charge in [0, 0.05) is 15.8 Å². The number of Topliss-reactive ketones (excluding diaryl/α,β-unsaturated/α-hetero) is 1. The summed E-state index contributed by atoms with van der Waals surface area (Å²) >= 11 is 5.68. The maximum Gasteiger partial charge on any atom is 0.301 e. The summed E-state index contributed by atoms with van der Waals surface area (Å²) in [5, 5.41) is 29.3. The van der Waals surface area contributed by atoms with Crippen LogP contribution in [0.15, 0.2) is 87.2 Å². The van der Waals surface area contributed by atoms with Crippen LogP contribution in [-0.4, -0.2) is 32.1 Å². The molecular formula is C26H17BrFN3O4S2. The van der Waals surface area contributed by atoms with Crippen molar-refractivity contribution in [3.8, 4) is 5.75 Å². The van der Waals surface area contributed by atoms with Crippen LogP contribution in [0.5, 0.6) is 5.75 Å². The van der Waals surface area contributed by atoms with E-state index in [0.717, 1.165) is 15.8 Å². The predicted octanol–water partition coefficient (Wildman–Crippen LogP) is 6.06. The molecule has 2 N–H and O–H groups in total. The molecule has 1 atom stereocenters. The Hall–Kier alpha value is -3.54. The van der Waals surface area contributed by atoms with Gasteiger partial charge >= 0.3 is 5.91 Å². The van der Waals surface area contributed by atoms with Crippen molar-refractivity contribution >= 4 is 61.6 Å². The normalized spacial score (nSPS) is 16.9. The summed E-state index contributed by atoms with van der Waals surface area (Å²) in [4.78, 5) is 27.7. The van der Waals surface area contributed by atoms with Crippen molar-refractivity contribution < 1.29 is 24.2 Å². The number of benzene rings is 3. The Labute approximate surface area is 227 Å². The summed E-state index contributed by atoms with van der Waals surface area (Å²) in [6.45, 7) is 0. The number of ketones is 1. The predicted molar refractivity (Wildman–Crippen MR) is 143 cm³/mol. The molecule has 1 amide bonds. The third-order valence-corrected chi connectivity index (χ3v) is 8.32. The van der Waals surface area contributed by atoms with Crippen molar-refractivity contribution in [3.63, 3.8) is 0 Å². The fourth-order valence-corrected chi connectivity index (χ4v) is 6.00. The monoisotopic (exact) mass is 597 g/mol. The SMILES string of the molecule is O=C1C(=O)N(c2nnc(SCc3ccccc3F)s2)C(c2ccc(O)cc2)/C1=C(/O)c1ccc(Br)cc1. The molecule has 0 aliphatic carbocycles. The van der Waals surface area contributed by atoms with Crippen molar-refractivity contribution in [2.75, 3.05) is 4.90 Å². The van der Waals surface area contributed by atoms with Gasteiger partial charge in [-0.25, -0.2) is 4.39 Å². The van der Waals surface area contributed by atoms with Gasteiger partial charge in [-0.2, -0.15) is 0 Å². The van der Waals surface area contributed by atoms with Crippen LogP contribution in [-0.2, 0) is 15.3 Å². The summed E-state index contributed by atoms with van der Waals surface area (Å²) in [6.07, 6.45) is 0. The summed E-state index contributed by atoms with van der Waals surface area (Å²) < 4.78 is 15.3. The molecule has 7 nitrogen and oxygen atoms in total. The average molecular weight is 598 g/mol. The van der Waals surface area contributed by atoms with Crippen LogP contribution in [0, 0.1) is 5.82 Å². The number of carbonyl (C=O) groups excluding carboxylic acids is 2. The van der Waals surface area contributed by atoms with E-state index in [9.17, 15) is 24.2 Å². The van der Waals surface area contributed by atoms with E-state index in [1.807, 2.05) is 0 Å². The largest absolute Gasteiger partial charge is 0.508 e. The van der Waals surface area contributed by atoms with Crippen LogP contribution in [0.1, 0.15) is 22.7 Å². The zero-order valence-electron chi connectivity index (χ0n) is 18.8. The fourth-order valence-electron chi connectivity index (χ4n) is 3.88. The first-order valence-corrected chi connectivity index (χ1v) is 13.5. The van der Waals surface area contributed by atoms with Gasteiger partial charge in [0.2, 0.25) is 5.13 Å². The Bertz CT molecular complexity index is 1520. The van der Waals surface area contributed by atoms with Gasteiger partial charge in [0.25, 0.3) is 5.78 Å². The zero-order chi connectivity index (χ0) is 26.1. The number of hydrogen-bond donors (Lipinski definition) is 2. The van der Waals surface area contributed by atoms with Crippen LogP contribution in [0.3, 0.4) is 0 Å². The fraction of sp³-hybridized carbons (Fsp3) is 0.0769. The second kappa shape index (κ2) is 10.4. The molecule has 37 heavy (non-hydrogen) atoms. The number of hydrogen-bond acceptors (Lipinski definition) is 8. The van der Waals surface area contributed by atoms with Crippen LogP contribution >= 0.6 is 39.0 Å². The highest BCUT2D eigenvalue weighted by atomic mass is 79.9. The highest BCUT2D eigenvalue weighted by Gasteiger charge is 2.48. The minimum atomic E-state index is -0.999. The molecule has 1 aromatic heterocycles. The lowest BCUT2D eigenvalue weighted by Gasteiger charge is -2.22. The highest BCUT2D eigenvalue weighted by molar-refractivity contribution is 9.10. The molecule has 2 heterocycles. The van der Waals surface area contributed by atoms with E-state index in [2.05, 4.69) is 26.1 Å². The van der Waals surface area contributed by atoms with Crippen LogP contribution in [0.25, 0.3) is 5.76 Å².